The van der Waals surface area contributed by atoms with E-state index in [0.717, 1.165) is 25.9 Å². The SMILES string of the molecule is COc1cc(C(=O)NC2CCN(C)CC2)c(Cl)cc1Nc1ncc(C(F)(F)F)c(O[C@@H]2CCC[C@H]2NS(=O)(=O)C2CC2)n1. The Morgan fingerprint density at radius 2 is 1.84 bits per heavy atom. The van der Waals surface area contributed by atoms with Gasteiger partial charge < -0.3 is 25.0 Å². The number of rotatable bonds is 10. The number of methoxy groups -OCH3 is 1. The number of benzene rings is 1. The van der Waals surface area contributed by atoms with E-state index in [1.165, 1.54) is 19.2 Å². The van der Waals surface area contributed by atoms with Crippen molar-refractivity contribution in [2.75, 3.05) is 32.6 Å². The van der Waals surface area contributed by atoms with Crippen LogP contribution in [0, 0.1) is 0 Å². The molecule has 3 N–H and O–H groups in total. The van der Waals surface area contributed by atoms with Gasteiger partial charge in [-0.1, -0.05) is 11.6 Å². The van der Waals surface area contributed by atoms with Gasteiger partial charge in [0.1, 0.15) is 17.4 Å². The number of aromatic nitrogens is 2. The van der Waals surface area contributed by atoms with Crippen molar-refractivity contribution in [3.63, 3.8) is 0 Å². The highest BCUT2D eigenvalue weighted by Gasteiger charge is 2.42. The molecule has 43 heavy (non-hydrogen) atoms. The van der Waals surface area contributed by atoms with Gasteiger partial charge in [0, 0.05) is 12.2 Å². The summed E-state index contributed by atoms with van der Waals surface area (Å²) in [4.78, 5) is 23.0. The number of ether oxygens (including phenoxy) is 2. The number of hydrogen-bond acceptors (Lipinski definition) is 9. The first-order valence-electron chi connectivity index (χ1n) is 14.1. The third kappa shape index (κ3) is 7.62. The Morgan fingerprint density at radius 1 is 1.12 bits per heavy atom. The molecular weight excluding hydrogens is 613 g/mol. The van der Waals surface area contributed by atoms with Gasteiger partial charge in [-0.3, -0.25) is 4.79 Å². The number of carbonyl (C=O) groups excluding carboxylic acids is 1. The van der Waals surface area contributed by atoms with E-state index in [9.17, 15) is 26.4 Å². The van der Waals surface area contributed by atoms with Crippen molar-refractivity contribution in [3.05, 3.63) is 34.5 Å². The van der Waals surface area contributed by atoms with Gasteiger partial charge in [0.05, 0.1) is 34.7 Å². The smallest absolute Gasteiger partial charge is 0.423 e. The highest BCUT2D eigenvalue weighted by Crippen LogP contribution is 2.39. The van der Waals surface area contributed by atoms with Crippen molar-refractivity contribution in [3.8, 4) is 11.6 Å². The van der Waals surface area contributed by atoms with Crippen molar-refractivity contribution in [2.24, 2.45) is 0 Å². The van der Waals surface area contributed by atoms with Crippen molar-refractivity contribution < 1.29 is 35.9 Å². The number of amides is 1. The number of anilines is 2. The average Bonchev–Trinajstić information content (AvgIpc) is 3.72. The molecule has 1 aliphatic heterocycles. The minimum Gasteiger partial charge on any atom is -0.495 e. The number of nitrogens with zero attached hydrogens (tertiary/aromatic N) is 3. The van der Waals surface area contributed by atoms with Crippen LogP contribution >= 0.6 is 11.6 Å². The lowest BCUT2D eigenvalue weighted by atomic mass is 10.0. The van der Waals surface area contributed by atoms with Crippen LogP contribution in [0.2, 0.25) is 5.02 Å². The highest BCUT2D eigenvalue weighted by atomic mass is 35.5. The van der Waals surface area contributed by atoms with Crippen LogP contribution in [0.1, 0.15) is 60.9 Å². The summed E-state index contributed by atoms with van der Waals surface area (Å²) in [6.07, 6.45) is -0.973. The first-order chi connectivity index (χ1) is 20.3. The second-order valence-electron chi connectivity index (χ2n) is 11.2. The first-order valence-corrected chi connectivity index (χ1v) is 16.0. The molecule has 5 rings (SSSR count). The zero-order chi connectivity index (χ0) is 30.9. The summed E-state index contributed by atoms with van der Waals surface area (Å²) in [7, 11) is -0.176. The molecular formula is C27H34ClF3N6O5S. The van der Waals surface area contributed by atoms with Gasteiger partial charge in [0.25, 0.3) is 5.91 Å². The van der Waals surface area contributed by atoms with Crippen LogP contribution in [0.3, 0.4) is 0 Å². The molecule has 11 nitrogen and oxygen atoms in total. The second-order valence-corrected chi connectivity index (χ2v) is 13.6. The standard InChI is InChI=1S/C27H34ClF3N6O5S/c1-37-10-8-15(9-11-37)33-24(38)17-12-23(41-2)21(13-19(17)28)34-26-32-14-18(27(29,30)31)25(35-26)42-22-5-3-4-20(22)36-43(39,40)16-6-7-16/h12-16,20,22,36H,3-11H2,1-2H3,(H,33,38)(H,32,34,35)/t20-,22-/m1/s1. The molecule has 3 aliphatic rings. The number of piperidine rings is 1. The molecule has 1 aromatic heterocycles. The molecule has 16 heteroatoms. The van der Waals surface area contributed by atoms with Gasteiger partial charge in [-0.2, -0.15) is 18.2 Å². The summed E-state index contributed by atoms with van der Waals surface area (Å²) < 4.78 is 80.3. The van der Waals surface area contributed by atoms with Crippen LogP contribution in [-0.4, -0.2) is 79.9 Å². The van der Waals surface area contributed by atoms with E-state index in [1.807, 2.05) is 7.05 Å². The summed E-state index contributed by atoms with van der Waals surface area (Å²) >= 11 is 6.45. The van der Waals surface area contributed by atoms with E-state index in [2.05, 4.69) is 30.2 Å². The van der Waals surface area contributed by atoms with Gasteiger partial charge in [0.2, 0.25) is 21.9 Å². The molecule has 236 valence electrons. The fourth-order valence-electron chi connectivity index (χ4n) is 5.27. The van der Waals surface area contributed by atoms with E-state index in [4.69, 9.17) is 21.1 Å². The van der Waals surface area contributed by atoms with Gasteiger partial charge in [-0.15, -0.1) is 0 Å². The summed E-state index contributed by atoms with van der Waals surface area (Å²) in [6, 6.07) is 2.17. The zero-order valence-corrected chi connectivity index (χ0v) is 25.3. The summed E-state index contributed by atoms with van der Waals surface area (Å²) in [5, 5.41) is 5.42. The van der Waals surface area contributed by atoms with E-state index >= 15 is 0 Å². The summed E-state index contributed by atoms with van der Waals surface area (Å²) in [6.45, 7) is 1.72. The molecule has 1 amide bonds. The predicted molar refractivity (Wildman–Crippen MR) is 153 cm³/mol. The van der Waals surface area contributed by atoms with Gasteiger partial charge in [-0.25, -0.2) is 18.1 Å². The van der Waals surface area contributed by atoms with Crippen LogP contribution in [0.5, 0.6) is 11.6 Å². The van der Waals surface area contributed by atoms with Crippen LogP contribution < -0.4 is 24.8 Å². The molecule has 1 aromatic carbocycles. The Kier molecular flexibility index (Phi) is 9.26. The maximum absolute atomic E-state index is 13.9. The van der Waals surface area contributed by atoms with E-state index in [1.54, 1.807) is 0 Å². The number of carbonyl (C=O) groups is 1. The molecule has 2 aliphatic carbocycles. The van der Waals surface area contributed by atoms with Gasteiger partial charge >= 0.3 is 6.18 Å². The minimum absolute atomic E-state index is 0.00557. The Hall–Kier alpha value is -2.88. The molecule has 2 atom stereocenters. The number of likely N-dealkylation sites (tertiary alicyclic amines) is 1. The van der Waals surface area contributed by atoms with Gasteiger partial charge in [0.15, 0.2) is 0 Å². The number of sulfonamides is 1. The minimum atomic E-state index is -4.82. The molecule has 0 unspecified atom stereocenters. The third-order valence-electron chi connectivity index (χ3n) is 7.89. The summed E-state index contributed by atoms with van der Waals surface area (Å²) in [5.74, 6) is -1.15. The molecule has 2 saturated carbocycles. The fraction of sp³-hybridized carbons (Fsp3) is 0.593. The number of hydrogen-bond donors (Lipinski definition) is 3. The van der Waals surface area contributed by atoms with Crippen LogP contribution in [0.15, 0.2) is 18.3 Å². The Balaban J connectivity index is 1.35. The fourth-order valence-corrected chi connectivity index (χ4v) is 7.16. The number of alkyl halides is 3. The Labute approximate surface area is 252 Å². The van der Waals surface area contributed by atoms with E-state index in [-0.39, 0.29) is 39.9 Å². The molecule has 0 spiro atoms. The number of halogens is 4. The Morgan fingerprint density at radius 3 is 2.49 bits per heavy atom. The number of nitrogens with one attached hydrogen (secondary N) is 3. The monoisotopic (exact) mass is 646 g/mol. The first kappa shape index (κ1) is 31.5. The lowest BCUT2D eigenvalue weighted by Gasteiger charge is -2.29. The molecule has 0 bridgehead atoms. The second kappa shape index (κ2) is 12.6. The van der Waals surface area contributed by atoms with Crippen molar-refractivity contribution >= 4 is 39.2 Å². The van der Waals surface area contributed by atoms with Crippen molar-refractivity contribution in [1.29, 1.82) is 0 Å². The van der Waals surface area contributed by atoms with Crippen molar-refractivity contribution in [1.82, 2.24) is 24.9 Å². The maximum atomic E-state index is 13.9. The van der Waals surface area contributed by atoms with Crippen LogP contribution in [0.4, 0.5) is 24.8 Å². The zero-order valence-electron chi connectivity index (χ0n) is 23.7. The van der Waals surface area contributed by atoms with Crippen LogP contribution in [0.25, 0.3) is 0 Å². The quantitative estimate of drug-likeness (QED) is 0.349. The van der Waals surface area contributed by atoms with E-state index in [0.29, 0.717) is 38.3 Å². The molecule has 0 radical (unpaired) electrons. The molecule has 2 heterocycles. The lowest BCUT2D eigenvalue weighted by Crippen LogP contribution is -2.44. The van der Waals surface area contributed by atoms with Gasteiger partial charge in [-0.05, 0) is 77.2 Å². The molecule has 2 aromatic rings. The average molecular weight is 647 g/mol. The van der Waals surface area contributed by atoms with Crippen molar-refractivity contribution in [2.45, 2.75) is 74.6 Å². The Bertz CT molecular complexity index is 1450. The normalized spacial score (nSPS) is 21.9. The largest absolute Gasteiger partial charge is 0.495 e. The molecule has 1 saturated heterocycles. The summed E-state index contributed by atoms with van der Waals surface area (Å²) in [5.41, 5.74) is -0.800. The topological polar surface area (TPSA) is 135 Å². The lowest BCUT2D eigenvalue weighted by molar-refractivity contribution is -0.140. The predicted octanol–water partition coefficient (Wildman–Crippen LogP) is 4.11. The van der Waals surface area contributed by atoms with Crippen LogP contribution in [-0.2, 0) is 16.2 Å². The van der Waals surface area contributed by atoms with E-state index < -0.39 is 45.0 Å². The third-order valence-corrected chi connectivity index (χ3v) is 10.2. The maximum Gasteiger partial charge on any atom is 0.423 e. The molecule has 3 fully saturated rings. The highest BCUT2D eigenvalue weighted by molar-refractivity contribution is 7.90.